The average molecular weight is 426 g/mol. The summed E-state index contributed by atoms with van der Waals surface area (Å²) in [6.45, 7) is 0.528. The molecule has 4 heterocycles. The Bertz CT molecular complexity index is 1320. The number of aromatic nitrogens is 5. The summed E-state index contributed by atoms with van der Waals surface area (Å²) in [6, 6.07) is 17.2. The van der Waals surface area contributed by atoms with Crippen molar-refractivity contribution < 1.29 is 0 Å². The Labute approximate surface area is 178 Å². The summed E-state index contributed by atoms with van der Waals surface area (Å²) in [7, 11) is 0. The van der Waals surface area contributed by atoms with Crippen LogP contribution < -0.4 is 5.56 Å². The van der Waals surface area contributed by atoms with E-state index in [0.717, 1.165) is 16.6 Å². The van der Waals surface area contributed by atoms with Gasteiger partial charge in [-0.1, -0.05) is 24.3 Å². The molecule has 146 valence electrons. The van der Waals surface area contributed by atoms with Gasteiger partial charge in [0.05, 0.1) is 18.6 Å². The second kappa shape index (κ2) is 8.43. The number of nitrogens with zero attached hydrogens (tertiary/aromatic N) is 5. The summed E-state index contributed by atoms with van der Waals surface area (Å²) >= 11 is 0. The number of benzene rings is 1. The predicted molar refractivity (Wildman–Crippen MR) is 118 cm³/mol. The van der Waals surface area contributed by atoms with Crippen LogP contribution in [-0.2, 0) is 6.54 Å². The standard InChI is InChI=1S/C21H15N5O.2ClH/c27-21-19-18(24-14-25(19)13-15-6-4-10-22-12-15)17-9-5-11-23-20(17)26(21)16-7-2-1-3-8-16;;/h1-12,14H,13H2;2*1H. The molecule has 5 aromatic rings. The lowest BCUT2D eigenvalue weighted by Crippen LogP contribution is -2.22. The first kappa shape index (κ1) is 20.5. The van der Waals surface area contributed by atoms with Crippen LogP contribution in [0.3, 0.4) is 0 Å². The van der Waals surface area contributed by atoms with Crippen LogP contribution in [-0.4, -0.2) is 24.1 Å². The van der Waals surface area contributed by atoms with E-state index in [-0.39, 0.29) is 30.4 Å². The molecule has 0 saturated heterocycles. The van der Waals surface area contributed by atoms with E-state index in [1.807, 2.05) is 59.2 Å². The zero-order valence-electron chi connectivity index (χ0n) is 15.2. The van der Waals surface area contributed by atoms with Gasteiger partial charge in [0.25, 0.3) is 5.56 Å². The Morgan fingerprint density at radius 1 is 0.862 bits per heavy atom. The second-order valence-corrected chi connectivity index (χ2v) is 6.28. The first-order valence-corrected chi connectivity index (χ1v) is 8.62. The normalized spacial score (nSPS) is 10.5. The largest absolute Gasteiger partial charge is 0.321 e. The smallest absolute Gasteiger partial charge is 0.282 e. The molecule has 0 unspecified atom stereocenters. The molecule has 0 spiro atoms. The van der Waals surface area contributed by atoms with E-state index in [2.05, 4.69) is 15.0 Å². The van der Waals surface area contributed by atoms with Gasteiger partial charge < -0.3 is 4.57 Å². The molecular weight excluding hydrogens is 409 g/mol. The van der Waals surface area contributed by atoms with E-state index in [0.29, 0.717) is 23.2 Å². The third-order valence-electron chi connectivity index (χ3n) is 4.59. The van der Waals surface area contributed by atoms with Crippen molar-refractivity contribution in [2.45, 2.75) is 6.54 Å². The SMILES string of the molecule is Cl.Cl.O=c1c2c(ncn2Cc2cccnc2)c2cccnc2n1-c1ccccc1. The summed E-state index contributed by atoms with van der Waals surface area (Å²) in [4.78, 5) is 26.6. The van der Waals surface area contributed by atoms with Gasteiger partial charge in [0.1, 0.15) is 16.7 Å². The summed E-state index contributed by atoms with van der Waals surface area (Å²) in [5, 5.41) is 0.848. The number of para-hydroxylation sites is 1. The minimum atomic E-state index is -0.135. The maximum Gasteiger partial charge on any atom is 0.282 e. The molecule has 0 bridgehead atoms. The fourth-order valence-corrected chi connectivity index (χ4v) is 3.39. The van der Waals surface area contributed by atoms with E-state index in [4.69, 9.17) is 0 Å². The maximum atomic E-state index is 13.5. The molecule has 1 aromatic carbocycles. The first-order chi connectivity index (χ1) is 13.3. The van der Waals surface area contributed by atoms with Gasteiger partial charge in [0.15, 0.2) is 0 Å². The monoisotopic (exact) mass is 425 g/mol. The van der Waals surface area contributed by atoms with E-state index >= 15 is 0 Å². The molecule has 0 N–H and O–H groups in total. The van der Waals surface area contributed by atoms with Gasteiger partial charge in [0, 0.05) is 24.0 Å². The second-order valence-electron chi connectivity index (χ2n) is 6.28. The number of hydrogen-bond donors (Lipinski definition) is 0. The molecule has 0 fully saturated rings. The van der Waals surface area contributed by atoms with Crippen LogP contribution in [0.15, 0.2) is 84.3 Å². The van der Waals surface area contributed by atoms with Gasteiger partial charge in [-0.15, -0.1) is 24.8 Å². The first-order valence-electron chi connectivity index (χ1n) is 8.62. The number of fused-ring (bicyclic) bond motifs is 3. The zero-order valence-corrected chi connectivity index (χ0v) is 16.8. The highest BCUT2D eigenvalue weighted by Crippen LogP contribution is 2.23. The molecule has 29 heavy (non-hydrogen) atoms. The number of pyridine rings is 3. The van der Waals surface area contributed by atoms with E-state index in [1.165, 1.54) is 0 Å². The van der Waals surface area contributed by atoms with Gasteiger partial charge in [-0.2, -0.15) is 0 Å². The molecule has 4 aromatic heterocycles. The molecular formula is C21H17Cl2N5O. The van der Waals surface area contributed by atoms with Gasteiger partial charge >= 0.3 is 0 Å². The van der Waals surface area contributed by atoms with Crippen molar-refractivity contribution in [3.8, 4) is 5.69 Å². The number of rotatable bonds is 3. The van der Waals surface area contributed by atoms with Crippen molar-refractivity contribution in [2.75, 3.05) is 0 Å². The van der Waals surface area contributed by atoms with Crippen LogP contribution in [0, 0.1) is 0 Å². The van der Waals surface area contributed by atoms with Gasteiger partial charge in [0.2, 0.25) is 0 Å². The Kier molecular flexibility index (Phi) is 5.96. The maximum absolute atomic E-state index is 13.5. The van der Waals surface area contributed by atoms with Crippen molar-refractivity contribution in [1.82, 2.24) is 24.1 Å². The molecule has 0 atom stereocenters. The topological polar surface area (TPSA) is 65.6 Å². The minimum Gasteiger partial charge on any atom is -0.321 e. The quantitative estimate of drug-likeness (QED) is 0.437. The Morgan fingerprint density at radius 2 is 1.66 bits per heavy atom. The van der Waals surface area contributed by atoms with Gasteiger partial charge in [-0.25, -0.2) is 9.97 Å². The van der Waals surface area contributed by atoms with Crippen LogP contribution in [0.1, 0.15) is 5.56 Å². The van der Waals surface area contributed by atoms with Gasteiger partial charge in [-0.3, -0.25) is 14.3 Å². The van der Waals surface area contributed by atoms with Crippen LogP contribution >= 0.6 is 24.8 Å². The third kappa shape index (κ3) is 3.48. The highest BCUT2D eigenvalue weighted by atomic mass is 35.5. The average Bonchev–Trinajstić information content (AvgIpc) is 3.14. The molecule has 0 saturated carbocycles. The van der Waals surface area contributed by atoms with Crippen LogP contribution in [0.2, 0.25) is 0 Å². The number of imidazole rings is 1. The lowest BCUT2D eigenvalue weighted by molar-refractivity contribution is 0.812. The molecule has 5 rings (SSSR count). The van der Waals surface area contributed by atoms with E-state index < -0.39 is 0 Å². The van der Waals surface area contributed by atoms with Crippen molar-refractivity contribution in [2.24, 2.45) is 0 Å². The third-order valence-corrected chi connectivity index (χ3v) is 4.59. The molecule has 0 aliphatic rings. The van der Waals surface area contributed by atoms with E-state index in [9.17, 15) is 4.79 Å². The molecule has 0 aliphatic carbocycles. The summed E-state index contributed by atoms with van der Waals surface area (Å²) in [6.07, 6.45) is 6.93. The summed E-state index contributed by atoms with van der Waals surface area (Å²) < 4.78 is 3.53. The molecule has 0 aliphatic heterocycles. The lowest BCUT2D eigenvalue weighted by atomic mass is 10.2. The van der Waals surface area contributed by atoms with Crippen molar-refractivity contribution in [3.05, 3.63) is 95.4 Å². The molecule has 6 nitrogen and oxygen atoms in total. The Morgan fingerprint density at radius 3 is 2.41 bits per heavy atom. The molecule has 0 amide bonds. The summed E-state index contributed by atoms with van der Waals surface area (Å²) in [5.41, 5.74) is 3.48. The highest BCUT2D eigenvalue weighted by Gasteiger charge is 2.17. The van der Waals surface area contributed by atoms with Crippen molar-refractivity contribution >= 4 is 46.9 Å². The fourth-order valence-electron chi connectivity index (χ4n) is 3.39. The number of hydrogen-bond acceptors (Lipinski definition) is 4. The predicted octanol–water partition coefficient (Wildman–Crippen LogP) is 4.02. The van der Waals surface area contributed by atoms with Crippen molar-refractivity contribution in [3.63, 3.8) is 0 Å². The highest BCUT2D eigenvalue weighted by molar-refractivity contribution is 6.01. The van der Waals surface area contributed by atoms with Crippen LogP contribution in [0.5, 0.6) is 0 Å². The summed E-state index contributed by atoms with van der Waals surface area (Å²) in [5.74, 6) is 0. The fraction of sp³-hybridized carbons (Fsp3) is 0.0476. The Hall–Kier alpha value is -3.22. The van der Waals surface area contributed by atoms with E-state index in [1.54, 1.807) is 29.5 Å². The number of halogens is 2. The lowest BCUT2D eigenvalue weighted by Gasteiger charge is -2.11. The minimum absolute atomic E-state index is 0. The molecule has 0 radical (unpaired) electrons. The van der Waals surface area contributed by atoms with Crippen LogP contribution in [0.4, 0.5) is 0 Å². The molecule has 8 heteroatoms. The Balaban J connectivity index is 0.00000120. The van der Waals surface area contributed by atoms with Crippen LogP contribution in [0.25, 0.3) is 27.8 Å². The zero-order chi connectivity index (χ0) is 18.2. The van der Waals surface area contributed by atoms with Crippen molar-refractivity contribution in [1.29, 1.82) is 0 Å². The van der Waals surface area contributed by atoms with Gasteiger partial charge in [-0.05, 0) is 35.9 Å².